The Balaban J connectivity index is 1.50. The van der Waals surface area contributed by atoms with Crippen molar-refractivity contribution in [2.75, 3.05) is 16.4 Å². The molecule has 2 N–H and O–H groups in total. The average molecular weight is 543 g/mol. The molecule has 2 aromatic heterocycles. The fourth-order valence-corrected chi connectivity index (χ4v) is 7.33. The Morgan fingerprint density at radius 1 is 1.03 bits per heavy atom. The van der Waals surface area contributed by atoms with Crippen LogP contribution in [0.4, 0.5) is 14.5 Å². The van der Waals surface area contributed by atoms with E-state index >= 15 is 0 Å². The molecule has 2 fully saturated rings. The second-order valence-corrected chi connectivity index (χ2v) is 12.5. The molecule has 0 radical (unpaired) electrons. The van der Waals surface area contributed by atoms with Gasteiger partial charge in [-0.2, -0.15) is 10.6 Å². The van der Waals surface area contributed by atoms with Gasteiger partial charge in [-0.1, -0.05) is 11.2 Å². The SMILES string of the molecule is Cc1noc(C)c1-c1ccc2c(c1)nc(C1CCC(=O)N1c1ccc(F)c(F)c1)n2C1CCS(O)(O)CC1. The number of aryl methyl sites for hydroxylation is 2. The molecule has 8 nitrogen and oxygen atoms in total. The van der Waals surface area contributed by atoms with Gasteiger partial charge in [0.2, 0.25) is 5.91 Å². The van der Waals surface area contributed by atoms with Crippen LogP contribution in [0.25, 0.3) is 22.2 Å². The van der Waals surface area contributed by atoms with Crippen molar-refractivity contribution in [2.24, 2.45) is 0 Å². The third kappa shape index (κ3) is 4.18. The van der Waals surface area contributed by atoms with E-state index in [1.54, 1.807) is 0 Å². The monoisotopic (exact) mass is 542 g/mol. The molecule has 38 heavy (non-hydrogen) atoms. The quantitative estimate of drug-likeness (QED) is 0.303. The summed E-state index contributed by atoms with van der Waals surface area (Å²) in [5, 5.41) is 4.06. The van der Waals surface area contributed by atoms with E-state index in [1.165, 1.54) is 11.0 Å². The first-order valence-corrected chi connectivity index (χ1v) is 14.5. The van der Waals surface area contributed by atoms with Crippen molar-refractivity contribution in [2.45, 2.75) is 51.6 Å². The maximum atomic E-state index is 14.2. The van der Waals surface area contributed by atoms with E-state index in [0.717, 1.165) is 40.0 Å². The summed E-state index contributed by atoms with van der Waals surface area (Å²) in [7, 11) is -2.60. The van der Waals surface area contributed by atoms with Crippen LogP contribution in [-0.4, -0.2) is 41.2 Å². The number of carbonyl (C=O) groups is 1. The number of anilines is 1. The minimum atomic E-state index is -2.60. The van der Waals surface area contributed by atoms with Gasteiger partial charge in [0.1, 0.15) is 11.6 Å². The van der Waals surface area contributed by atoms with Gasteiger partial charge in [-0.25, -0.2) is 13.8 Å². The molecule has 0 aliphatic carbocycles. The predicted octanol–water partition coefficient (Wildman–Crippen LogP) is 6.54. The van der Waals surface area contributed by atoms with Crippen molar-refractivity contribution in [3.8, 4) is 11.1 Å². The van der Waals surface area contributed by atoms with Crippen LogP contribution >= 0.6 is 10.6 Å². The van der Waals surface area contributed by atoms with E-state index < -0.39 is 28.3 Å². The van der Waals surface area contributed by atoms with Crippen LogP contribution in [0.15, 0.2) is 40.9 Å². The smallest absolute Gasteiger partial charge is 0.227 e. The molecule has 4 heterocycles. The maximum absolute atomic E-state index is 14.2. The molecular formula is C27H28F2N4O4S. The van der Waals surface area contributed by atoms with Gasteiger partial charge in [0.05, 0.1) is 22.8 Å². The first kappa shape index (κ1) is 25.0. The third-order valence-electron chi connectivity index (χ3n) is 7.65. The number of imidazole rings is 1. The zero-order valence-electron chi connectivity index (χ0n) is 21.0. The van der Waals surface area contributed by atoms with Crippen LogP contribution in [0, 0.1) is 25.5 Å². The number of benzene rings is 2. The minimum absolute atomic E-state index is 0.0534. The summed E-state index contributed by atoms with van der Waals surface area (Å²) in [6, 6.07) is 8.89. The van der Waals surface area contributed by atoms with Gasteiger partial charge in [0.25, 0.3) is 0 Å². The fraction of sp³-hybridized carbons (Fsp3) is 0.370. The van der Waals surface area contributed by atoms with E-state index in [9.17, 15) is 22.7 Å². The second-order valence-electron chi connectivity index (χ2n) is 10.1. The highest BCUT2D eigenvalue weighted by atomic mass is 32.3. The van der Waals surface area contributed by atoms with Gasteiger partial charge in [0.15, 0.2) is 11.6 Å². The van der Waals surface area contributed by atoms with Crippen LogP contribution in [0.2, 0.25) is 0 Å². The minimum Gasteiger partial charge on any atom is -0.361 e. The molecule has 2 aliphatic heterocycles. The molecule has 2 saturated heterocycles. The highest BCUT2D eigenvalue weighted by molar-refractivity contribution is 8.24. The van der Waals surface area contributed by atoms with Crippen molar-refractivity contribution in [3.05, 3.63) is 65.3 Å². The number of hydrogen-bond acceptors (Lipinski definition) is 6. The molecule has 1 unspecified atom stereocenters. The highest BCUT2D eigenvalue weighted by Crippen LogP contribution is 2.49. The molecule has 1 atom stereocenters. The zero-order chi connectivity index (χ0) is 26.8. The zero-order valence-corrected chi connectivity index (χ0v) is 21.8. The normalized spacial score (nSPS) is 20.9. The summed E-state index contributed by atoms with van der Waals surface area (Å²) in [6.07, 6.45) is 1.83. The molecule has 1 amide bonds. The number of carbonyl (C=O) groups excluding carboxylic acids is 1. The van der Waals surface area contributed by atoms with Gasteiger partial charge in [-0.3, -0.25) is 13.9 Å². The van der Waals surface area contributed by atoms with E-state index in [0.29, 0.717) is 42.4 Å². The molecule has 4 aromatic rings. The van der Waals surface area contributed by atoms with Gasteiger partial charge in [-0.15, -0.1) is 0 Å². The van der Waals surface area contributed by atoms with Crippen LogP contribution in [0.5, 0.6) is 0 Å². The number of aromatic nitrogens is 3. The Bertz CT molecular complexity index is 1540. The lowest BCUT2D eigenvalue weighted by Gasteiger charge is -2.40. The number of amides is 1. The maximum Gasteiger partial charge on any atom is 0.227 e. The van der Waals surface area contributed by atoms with Crippen LogP contribution in [0.1, 0.15) is 55.0 Å². The lowest BCUT2D eigenvalue weighted by molar-refractivity contribution is -0.117. The Hall–Kier alpha value is -3.28. The summed E-state index contributed by atoms with van der Waals surface area (Å²) in [5.41, 5.74) is 4.44. The molecule has 0 bridgehead atoms. The summed E-state index contributed by atoms with van der Waals surface area (Å²) in [6.45, 7) is 3.73. The first-order valence-electron chi connectivity index (χ1n) is 12.6. The van der Waals surface area contributed by atoms with Crippen molar-refractivity contribution >= 4 is 33.2 Å². The lowest BCUT2D eigenvalue weighted by Crippen LogP contribution is -2.31. The van der Waals surface area contributed by atoms with Crippen molar-refractivity contribution in [3.63, 3.8) is 0 Å². The van der Waals surface area contributed by atoms with Crippen LogP contribution < -0.4 is 4.90 Å². The number of halogens is 2. The largest absolute Gasteiger partial charge is 0.361 e. The summed E-state index contributed by atoms with van der Waals surface area (Å²) in [5.74, 6) is -0.239. The van der Waals surface area contributed by atoms with Gasteiger partial charge in [0, 0.05) is 41.3 Å². The van der Waals surface area contributed by atoms with Crippen LogP contribution in [-0.2, 0) is 4.79 Å². The molecule has 200 valence electrons. The Kier molecular flexibility index (Phi) is 6.04. The van der Waals surface area contributed by atoms with Crippen molar-refractivity contribution in [1.29, 1.82) is 0 Å². The lowest BCUT2D eigenvalue weighted by atomic mass is 10.0. The van der Waals surface area contributed by atoms with Crippen molar-refractivity contribution in [1.82, 2.24) is 14.7 Å². The number of nitrogens with zero attached hydrogens (tertiary/aromatic N) is 4. The van der Waals surface area contributed by atoms with E-state index in [1.807, 2.05) is 32.0 Å². The average Bonchev–Trinajstić information content (AvgIpc) is 3.55. The molecule has 0 saturated carbocycles. The van der Waals surface area contributed by atoms with Gasteiger partial charge < -0.3 is 14.0 Å². The standard InChI is InChI=1S/C27H28F2N4O4S/c1-15-26(16(2)37-31-15)17-3-6-23-22(13-17)30-27(33(23)18-9-11-38(35,36)12-10-18)24-7-8-25(34)32(24)19-4-5-20(28)21(29)14-19/h3-6,13-14,18,24,35-36H,7-12H2,1-2H3. The molecule has 2 aromatic carbocycles. The van der Waals surface area contributed by atoms with Crippen LogP contribution in [0.3, 0.4) is 0 Å². The van der Waals surface area contributed by atoms with E-state index in [-0.39, 0.29) is 24.1 Å². The number of fused-ring (bicyclic) bond motifs is 1. The van der Waals surface area contributed by atoms with Crippen molar-refractivity contribution < 1.29 is 27.2 Å². The Morgan fingerprint density at radius 2 is 1.79 bits per heavy atom. The molecule has 0 spiro atoms. The third-order valence-corrected chi connectivity index (χ3v) is 9.43. The fourth-order valence-electron chi connectivity index (χ4n) is 5.83. The van der Waals surface area contributed by atoms with Gasteiger partial charge >= 0.3 is 0 Å². The molecule has 2 aliphatic rings. The van der Waals surface area contributed by atoms with Gasteiger partial charge in [-0.05, 0) is 62.9 Å². The summed E-state index contributed by atoms with van der Waals surface area (Å²) in [4.78, 5) is 19.5. The molecule has 6 rings (SSSR count). The number of hydrogen-bond donors (Lipinski definition) is 2. The number of rotatable bonds is 4. The molecule has 11 heteroatoms. The predicted molar refractivity (Wildman–Crippen MR) is 141 cm³/mol. The summed E-state index contributed by atoms with van der Waals surface area (Å²) < 4.78 is 55.8. The highest BCUT2D eigenvalue weighted by Gasteiger charge is 2.39. The topological polar surface area (TPSA) is 105 Å². The first-order chi connectivity index (χ1) is 18.1. The second kappa shape index (κ2) is 9.18. The summed E-state index contributed by atoms with van der Waals surface area (Å²) >= 11 is 0. The van der Waals surface area contributed by atoms with E-state index in [4.69, 9.17) is 9.51 Å². The Morgan fingerprint density at radius 3 is 2.47 bits per heavy atom. The Labute approximate surface area is 219 Å². The van der Waals surface area contributed by atoms with E-state index in [2.05, 4.69) is 9.72 Å². The molecular weight excluding hydrogens is 514 g/mol.